The number of rotatable bonds is 4. The Hall–Kier alpha value is -1.75. The van der Waals surface area contributed by atoms with Gasteiger partial charge in [0, 0.05) is 18.2 Å². The summed E-state index contributed by atoms with van der Waals surface area (Å²) < 4.78 is 26.2. The van der Waals surface area contributed by atoms with Gasteiger partial charge in [0.05, 0.1) is 6.61 Å². The summed E-state index contributed by atoms with van der Waals surface area (Å²) in [6.45, 7) is -0.0867. The second-order valence-corrected chi connectivity index (χ2v) is 2.98. The van der Waals surface area contributed by atoms with Crippen molar-refractivity contribution in [2.75, 3.05) is 13.2 Å². The Morgan fingerprint density at radius 1 is 1.38 bits per heavy atom. The molecule has 0 saturated carbocycles. The predicted molar refractivity (Wildman–Crippen MR) is 55.5 cm³/mol. The van der Waals surface area contributed by atoms with Crippen LogP contribution in [-0.2, 0) is 4.79 Å². The molecule has 0 aliphatic rings. The number of benzene rings is 1. The van der Waals surface area contributed by atoms with E-state index in [2.05, 4.69) is 5.32 Å². The molecule has 1 aromatic rings. The Labute approximate surface area is 91.4 Å². The lowest BCUT2D eigenvalue weighted by molar-refractivity contribution is -0.116. The average Bonchev–Trinajstić information content (AvgIpc) is 2.25. The number of amides is 1. The first-order valence-corrected chi connectivity index (χ1v) is 4.66. The highest BCUT2D eigenvalue weighted by atomic mass is 19.1. The SMILES string of the molecule is O=C(/C=C/c1c(F)cccc1F)NCCO. The third-order valence-corrected chi connectivity index (χ3v) is 1.81. The third kappa shape index (κ3) is 3.43. The molecule has 0 heterocycles. The van der Waals surface area contributed by atoms with Crippen molar-refractivity contribution in [2.24, 2.45) is 0 Å². The van der Waals surface area contributed by atoms with Crippen LogP contribution in [0.4, 0.5) is 8.78 Å². The van der Waals surface area contributed by atoms with E-state index in [1.807, 2.05) is 0 Å². The van der Waals surface area contributed by atoms with Gasteiger partial charge in [-0.1, -0.05) is 6.07 Å². The van der Waals surface area contributed by atoms with Gasteiger partial charge < -0.3 is 10.4 Å². The monoisotopic (exact) mass is 227 g/mol. The van der Waals surface area contributed by atoms with Gasteiger partial charge in [-0.3, -0.25) is 4.79 Å². The van der Waals surface area contributed by atoms with Gasteiger partial charge in [0.1, 0.15) is 11.6 Å². The summed E-state index contributed by atoms with van der Waals surface area (Å²) in [5, 5.41) is 10.8. The fraction of sp³-hybridized carbons (Fsp3) is 0.182. The zero-order chi connectivity index (χ0) is 12.0. The van der Waals surface area contributed by atoms with Crippen molar-refractivity contribution < 1.29 is 18.7 Å². The van der Waals surface area contributed by atoms with Crippen LogP contribution < -0.4 is 5.32 Å². The van der Waals surface area contributed by atoms with Gasteiger partial charge in [0.2, 0.25) is 5.91 Å². The van der Waals surface area contributed by atoms with Gasteiger partial charge in [-0.15, -0.1) is 0 Å². The minimum absolute atomic E-state index is 0.100. The van der Waals surface area contributed by atoms with E-state index in [4.69, 9.17) is 5.11 Å². The molecule has 1 aromatic carbocycles. The molecule has 5 heteroatoms. The van der Waals surface area contributed by atoms with E-state index in [9.17, 15) is 13.6 Å². The number of aliphatic hydroxyl groups is 1. The number of nitrogens with one attached hydrogen (secondary N) is 1. The summed E-state index contributed by atoms with van der Waals surface area (Å²) >= 11 is 0. The van der Waals surface area contributed by atoms with Crippen LogP contribution in [0.2, 0.25) is 0 Å². The van der Waals surface area contributed by atoms with Crippen molar-refractivity contribution in [1.82, 2.24) is 5.32 Å². The summed E-state index contributed by atoms with van der Waals surface area (Å²) in [4.78, 5) is 11.0. The summed E-state index contributed by atoms with van der Waals surface area (Å²) in [6.07, 6.45) is 2.06. The molecule has 2 N–H and O–H groups in total. The Balaban J connectivity index is 2.72. The van der Waals surface area contributed by atoms with E-state index < -0.39 is 17.5 Å². The standard InChI is InChI=1S/C11H11F2NO2/c12-9-2-1-3-10(13)8(9)4-5-11(16)14-6-7-15/h1-5,15H,6-7H2,(H,14,16)/b5-4+. The van der Waals surface area contributed by atoms with Gasteiger partial charge in [0.25, 0.3) is 0 Å². The summed E-state index contributed by atoms with van der Waals surface area (Å²) in [5.74, 6) is -1.98. The first kappa shape index (κ1) is 12.3. The van der Waals surface area contributed by atoms with E-state index in [0.29, 0.717) is 0 Å². The largest absolute Gasteiger partial charge is 0.395 e. The normalized spacial score (nSPS) is 10.7. The molecular formula is C11H11F2NO2. The molecule has 0 fully saturated rings. The maximum absolute atomic E-state index is 13.1. The van der Waals surface area contributed by atoms with Crippen molar-refractivity contribution in [3.63, 3.8) is 0 Å². The second kappa shape index (κ2) is 5.97. The highest BCUT2D eigenvalue weighted by molar-refractivity contribution is 5.91. The lowest BCUT2D eigenvalue weighted by Gasteiger charge is -1.99. The number of halogens is 2. The molecule has 1 rings (SSSR count). The lowest BCUT2D eigenvalue weighted by atomic mass is 10.2. The number of carbonyl (C=O) groups is 1. The summed E-state index contributed by atoms with van der Waals surface area (Å²) in [7, 11) is 0. The van der Waals surface area contributed by atoms with Crippen LogP contribution >= 0.6 is 0 Å². The number of carbonyl (C=O) groups excluding carboxylic acids is 1. The van der Waals surface area contributed by atoms with Gasteiger partial charge in [-0.25, -0.2) is 8.78 Å². The molecule has 0 aliphatic heterocycles. The van der Waals surface area contributed by atoms with Crippen LogP contribution in [0.3, 0.4) is 0 Å². The summed E-state index contributed by atoms with van der Waals surface area (Å²) in [5.41, 5.74) is -0.262. The second-order valence-electron chi connectivity index (χ2n) is 2.98. The molecule has 0 saturated heterocycles. The highest BCUT2D eigenvalue weighted by Crippen LogP contribution is 2.13. The topological polar surface area (TPSA) is 49.3 Å². The molecule has 3 nitrogen and oxygen atoms in total. The number of hydrogen-bond acceptors (Lipinski definition) is 2. The minimum atomic E-state index is -0.730. The zero-order valence-electron chi connectivity index (χ0n) is 8.41. The van der Waals surface area contributed by atoms with Gasteiger partial charge in [-0.2, -0.15) is 0 Å². The Kier molecular flexibility index (Phi) is 4.60. The van der Waals surface area contributed by atoms with Crippen molar-refractivity contribution in [2.45, 2.75) is 0 Å². The van der Waals surface area contributed by atoms with Crippen LogP contribution in [0, 0.1) is 11.6 Å². The first-order valence-electron chi connectivity index (χ1n) is 4.66. The Morgan fingerprint density at radius 2 is 2.00 bits per heavy atom. The van der Waals surface area contributed by atoms with Gasteiger partial charge in [0.15, 0.2) is 0 Å². The molecule has 16 heavy (non-hydrogen) atoms. The Morgan fingerprint density at radius 3 is 2.56 bits per heavy atom. The number of hydrogen-bond donors (Lipinski definition) is 2. The maximum Gasteiger partial charge on any atom is 0.244 e. The predicted octanol–water partition coefficient (Wildman–Crippen LogP) is 1.09. The van der Waals surface area contributed by atoms with E-state index in [0.717, 1.165) is 24.3 Å². The lowest BCUT2D eigenvalue weighted by Crippen LogP contribution is -2.24. The zero-order valence-corrected chi connectivity index (χ0v) is 8.41. The van der Waals surface area contributed by atoms with Crippen molar-refractivity contribution in [3.8, 4) is 0 Å². The smallest absolute Gasteiger partial charge is 0.244 e. The van der Waals surface area contributed by atoms with E-state index >= 15 is 0 Å². The molecule has 0 aliphatic carbocycles. The van der Waals surface area contributed by atoms with Crippen LogP contribution in [0.1, 0.15) is 5.56 Å². The van der Waals surface area contributed by atoms with Crippen LogP contribution in [0.25, 0.3) is 6.08 Å². The fourth-order valence-corrected chi connectivity index (χ4v) is 1.07. The van der Waals surface area contributed by atoms with Crippen molar-refractivity contribution in [3.05, 3.63) is 41.5 Å². The van der Waals surface area contributed by atoms with Gasteiger partial charge in [-0.05, 0) is 18.2 Å². The number of aliphatic hydroxyl groups excluding tert-OH is 1. The molecular weight excluding hydrogens is 216 g/mol. The Bertz CT molecular complexity index is 385. The van der Waals surface area contributed by atoms with Crippen molar-refractivity contribution >= 4 is 12.0 Å². The maximum atomic E-state index is 13.1. The molecule has 0 bridgehead atoms. The third-order valence-electron chi connectivity index (χ3n) is 1.81. The minimum Gasteiger partial charge on any atom is -0.395 e. The van der Waals surface area contributed by atoms with Crippen molar-refractivity contribution in [1.29, 1.82) is 0 Å². The van der Waals surface area contributed by atoms with E-state index in [1.165, 1.54) is 6.07 Å². The molecule has 0 aromatic heterocycles. The molecule has 0 unspecified atom stereocenters. The first-order chi connectivity index (χ1) is 7.65. The molecule has 0 atom stereocenters. The van der Waals surface area contributed by atoms with Crippen LogP contribution in [0.5, 0.6) is 0 Å². The molecule has 1 amide bonds. The van der Waals surface area contributed by atoms with E-state index in [-0.39, 0.29) is 18.7 Å². The molecule has 0 spiro atoms. The summed E-state index contributed by atoms with van der Waals surface area (Å²) in [6, 6.07) is 3.45. The van der Waals surface area contributed by atoms with E-state index in [1.54, 1.807) is 0 Å². The quantitative estimate of drug-likeness (QED) is 0.756. The molecule has 0 radical (unpaired) electrons. The van der Waals surface area contributed by atoms with Crippen LogP contribution in [0.15, 0.2) is 24.3 Å². The fourth-order valence-electron chi connectivity index (χ4n) is 1.07. The highest BCUT2D eigenvalue weighted by Gasteiger charge is 2.04. The van der Waals surface area contributed by atoms with Gasteiger partial charge >= 0.3 is 0 Å². The average molecular weight is 227 g/mol. The molecule has 86 valence electrons. The van der Waals surface area contributed by atoms with Crippen LogP contribution in [-0.4, -0.2) is 24.2 Å².